The lowest BCUT2D eigenvalue weighted by molar-refractivity contribution is 0.0651. The molecule has 0 saturated carbocycles. The Morgan fingerprint density at radius 1 is 0.476 bits per heavy atom. The van der Waals surface area contributed by atoms with E-state index in [4.69, 9.17) is 0 Å². The van der Waals surface area contributed by atoms with Gasteiger partial charge in [-0.05, 0) is 104 Å². The van der Waals surface area contributed by atoms with Gasteiger partial charge in [0.25, 0.3) is 11.8 Å². The van der Waals surface area contributed by atoms with Crippen LogP contribution in [0, 0.1) is 17.5 Å². The fourth-order valence-electron chi connectivity index (χ4n) is 5.87. The number of amides is 2. The Labute approximate surface area is 245 Å². The van der Waals surface area contributed by atoms with Crippen LogP contribution >= 0.6 is 7.26 Å². The first-order valence-electron chi connectivity index (χ1n) is 14.5. The summed E-state index contributed by atoms with van der Waals surface area (Å²) in [7, 11) is -2.30. The zero-order valence-corrected chi connectivity index (χ0v) is 24.3. The molecule has 0 fully saturated rings. The zero-order chi connectivity index (χ0) is 29.5. The first-order valence-corrected chi connectivity index (χ1v) is 16.5. The van der Waals surface area contributed by atoms with E-state index < -0.39 is 7.26 Å². The van der Waals surface area contributed by atoms with Crippen molar-refractivity contribution >= 4 is 35.0 Å². The number of rotatable bonds is 13. The third-order valence-electron chi connectivity index (χ3n) is 8.06. The standard InChI is InChI=1S/C35H34F3NO2P/c36-26-12-18-29(19-13-26)42(30-20-14-27(37)15-21-30,31-22-16-28(38)17-23-31)25-9-5-3-1-2-4-8-24-39-34(40)32-10-6-7-11-33(32)35(39)41/h6-7,10-23H,1-5,8-9,24-25H2/q+1. The summed E-state index contributed by atoms with van der Waals surface area (Å²) in [6.45, 7) is 0.437. The number of imide groups is 1. The third-order valence-corrected chi connectivity index (χ3v) is 12.6. The number of benzene rings is 4. The average molecular weight is 589 g/mol. The molecule has 4 aromatic rings. The molecule has 0 atom stereocenters. The molecule has 216 valence electrons. The molecule has 3 nitrogen and oxygen atoms in total. The normalized spacial score (nSPS) is 13.1. The topological polar surface area (TPSA) is 37.4 Å². The van der Waals surface area contributed by atoms with Gasteiger partial charge in [-0.2, -0.15) is 0 Å². The van der Waals surface area contributed by atoms with E-state index in [1.807, 2.05) is 36.4 Å². The van der Waals surface area contributed by atoms with Gasteiger partial charge in [-0.25, -0.2) is 13.2 Å². The van der Waals surface area contributed by atoms with Gasteiger partial charge in [-0.3, -0.25) is 14.5 Å². The summed E-state index contributed by atoms with van der Waals surface area (Å²) in [5, 5.41) is 2.95. The van der Waals surface area contributed by atoms with Crippen LogP contribution in [0.2, 0.25) is 0 Å². The highest BCUT2D eigenvalue weighted by atomic mass is 31.2. The van der Waals surface area contributed by atoms with Crippen molar-refractivity contribution < 1.29 is 22.8 Å². The number of carbonyl (C=O) groups excluding carboxylic acids is 2. The van der Waals surface area contributed by atoms with E-state index in [0.717, 1.165) is 67.0 Å². The van der Waals surface area contributed by atoms with Crippen LogP contribution in [0.3, 0.4) is 0 Å². The van der Waals surface area contributed by atoms with Crippen LogP contribution in [0.1, 0.15) is 65.7 Å². The maximum atomic E-state index is 13.9. The molecule has 0 spiro atoms. The summed E-state index contributed by atoms with van der Waals surface area (Å²) in [5.74, 6) is -1.37. The number of halogens is 3. The lowest BCUT2D eigenvalue weighted by atomic mass is 10.1. The van der Waals surface area contributed by atoms with Crippen molar-refractivity contribution in [2.45, 2.75) is 44.9 Å². The number of hydrogen-bond donors (Lipinski definition) is 0. The van der Waals surface area contributed by atoms with Crippen LogP contribution in [-0.4, -0.2) is 29.4 Å². The van der Waals surface area contributed by atoms with Crippen molar-refractivity contribution in [3.63, 3.8) is 0 Å². The number of carbonyl (C=O) groups is 2. The molecule has 2 amide bonds. The minimum absolute atomic E-state index is 0.203. The summed E-state index contributed by atoms with van der Waals surface area (Å²) < 4.78 is 41.8. The minimum atomic E-state index is -2.30. The van der Waals surface area contributed by atoms with Crippen molar-refractivity contribution in [3.05, 3.63) is 126 Å². The van der Waals surface area contributed by atoms with E-state index >= 15 is 0 Å². The predicted octanol–water partition coefficient (Wildman–Crippen LogP) is 7.42. The molecule has 0 aliphatic carbocycles. The maximum Gasteiger partial charge on any atom is 0.261 e. The molecule has 0 bridgehead atoms. The number of fused-ring (bicyclic) bond motifs is 1. The molecular weight excluding hydrogens is 554 g/mol. The summed E-state index contributed by atoms with van der Waals surface area (Å²) in [4.78, 5) is 26.4. The van der Waals surface area contributed by atoms with Gasteiger partial charge >= 0.3 is 0 Å². The molecule has 0 radical (unpaired) electrons. The van der Waals surface area contributed by atoms with Crippen molar-refractivity contribution in [1.82, 2.24) is 4.90 Å². The van der Waals surface area contributed by atoms with Gasteiger partial charge in [0.05, 0.1) is 17.3 Å². The second-order valence-electron chi connectivity index (χ2n) is 10.7. The van der Waals surface area contributed by atoms with Crippen LogP contribution in [-0.2, 0) is 0 Å². The van der Waals surface area contributed by atoms with Crippen molar-refractivity contribution in [1.29, 1.82) is 0 Å². The van der Waals surface area contributed by atoms with Crippen LogP contribution in [0.5, 0.6) is 0 Å². The van der Waals surface area contributed by atoms with Crippen molar-refractivity contribution in [3.8, 4) is 0 Å². The van der Waals surface area contributed by atoms with E-state index in [1.54, 1.807) is 24.3 Å². The average Bonchev–Trinajstić information content (AvgIpc) is 3.25. The fourth-order valence-corrected chi connectivity index (χ4v) is 10.2. The van der Waals surface area contributed by atoms with Crippen LogP contribution in [0.4, 0.5) is 13.2 Å². The van der Waals surface area contributed by atoms with Gasteiger partial charge in [0, 0.05) is 6.54 Å². The molecule has 7 heteroatoms. The SMILES string of the molecule is O=C1c2ccccc2C(=O)N1CCCCCCCCC[P+](c1ccc(F)cc1)(c1ccc(F)cc1)c1ccc(F)cc1. The first kappa shape index (κ1) is 29.7. The van der Waals surface area contributed by atoms with E-state index in [9.17, 15) is 22.8 Å². The highest BCUT2D eigenvalue weighted by Crippen LogP contribution is 2.56. The maximum absolute atomic E-state index is 13.9. The molecule has 4 aromatic carbocycles. The summed E-state index contributed by atoms with van der Waals surface area (Å²) in [6.07, 6.45) is 7.50. The third kappa shape index (κ3) is 6.34. The van der Waals surface area contributed by atoms with E-state index in [2.05, 4.69) is 0 Å². The van der Waals surface area contributed by atoms with Crippen LogP contribution in [0.15, 0.2) is 97.1 Å². The Balaban J connectivity index is 1.18. The van der Waals surface area contributed by atoms with Gasteiger partial charge in [0.15, 0.2) is 0 Å². The van der Waals surface area contributed by atoms with Crippen LogP contribution < -0.4 is 15.9 Å². The Kier molecular flexibility index (Phi) is 9.54. The Morgan fingerprint density at radius 2 is 0.833 bits per heavy atom. The summed E-state index contributed by atoms with van der Waals surface area (Å²) in [6, 6.07) is 26.6. The van der Waals surface area contributed by atoms with E-state index in [-0.39, 0.29) is 29.3 Å². The van der Waals surface area contributed by atoms with Gasteiger partial charge in [-0.15, -0.1) is 0 Å². The Morgan fingerprint density at radius 3 is 1.24 bits per heavy atom. The second-order valence-corrected chi connectivity index (χ2v) is 14.4. The molecule has 1 aliphatic rings. The minimum Gasteiger partial charge on any atom is -0.274 e. The van der Waals surface area contributed by atoms with Gasteiger partial charge in [0.2, 0.25) is 0 Å². The highest BCUT2D eigenvalue weighted by molar-refractivity contribution is 7.95. The Hall–Kier alpha value is -3.76. The second kappa shape index (κ2) is 13.5. The lowest BCUT2D eigenvalue weighted by Gasteiger charge is -2.28. The molecule has 42 heavy (non-hydrogen) atoms. The summed E-state index contributed by atoms with van der Waals surface area (Å²) >= 11 is 0. The smallest absolute Gasteiger partial charge is 0.261 e. The predicted molar refractivity (Wildman–Crippen MR) is 164 cm³/mol. The molecule has 0 aromatic heterocycles. The van der Waals surface area contributed by atoms with Crippen LogP contribution in [0.25, 0.3) is 0 Å². The van der Waals surface area contributed by atoms with Gasteiger partial charge in [0.1, 0.15) is 40.6 Å². The number of unbranched alkanes of at least 4 members (excludes halogenated alkanes) is 6. The molecule has 1 aliphatic heterocycles. The summed E-state index contributed by atoms with van der Waals surface area (Å²) in [5.41, 5.74) is 0.978. The van der Waals surface area contributed by atoms with E-state index in [0.29, 0.717) is 17.7 Å². The van der Waals surface area contributed by atoms with Crippen molar-refractivity contribution in [2.24, 2.45) is 0 Å². The highest BCUT2D eigenvalue weighted by Gasteiger charge is 2.45. The lowest BCUT2D eigenvalue weighted by Crippen LogP contribution is -2.33. The molecule has 0 saturated heterocycles. The fraction of sp³-hybridized carbons (Fsp3) is 0.257. The number of nitrogens with zero attached hydrogens (tertiary/aromatic N) is 1. The monoisotopic (exact) mass is 588 g/mol. The Bertz CT molecular complexity index is 1380. The van der Waals surface area contributed by atoms with Gasteiger partial charge < -0.3 is 0 Å². The van der Waals surface area contributed by atoms with Gasteiger partial charge in [-0.1, -0.05) is 37.8 Å². The molecular formula is C35H34F3NO2P+. The quantitative estimate of drug-likeness (QED) is 0.0926. The first-order chi connectivity index (χ1) is 20.4. The van der Waals surface area contributed by atoms with Crippen molar-refractivity contribution in [2.75, 3.05) is 12.7 Å². The van der Waals surface area contributed by atoms with E-state index in [1.165, 1.54) is 41.3 Å². The zero-order valence-electron chi connectivity index (χ0n) is 23.4. The largest absolute Gasteiger partial charge is 0.274 e. The molecule has 1 heterocycles. The number of hydrogen-bond acceptors (Lipinski definition) is 2. The molecule has 0 N–H and O–H groups in total. The molecule has 0 unspecified atom stereocenters. The molecule has 5 rings (SSSR count).